The maximum absolute atomic E-state index is 11.8. The fraction of sp³-hybridized carbons (Fsp3) is 0.333. The van der Waals surface area contributed by atoms with Crippen LogP contribution in [0.15, 0.2) is 18.2 Å². The van der Waals surface area contributed by atoms with E-state index < -0.39 is 5.92 Å². The van der Waals surface area contributed by atoms with Crippen molar-refractivity contribution in [3.05, 3.63) is 28.2 Å². The van der Waals surface area contributed by atoms with E-state index in [4.69, 9.17) is 28.5 Å². The Balaban J connectivity index is 2.88. The molecule has 1 rings (SSSR count). The molecular weight excluding hydrogens is 259 g/mol. The van der Waals surface area contributed by atoms with Gasteiger partial charge >= 0.3 is 0 Å². The summed E-state index contributed by atoms with van der Waals surface area (Å²) < 4.78 is 0. The molecule has 90 valence electrons. The number of amides is 1. The smallest absolute Gasteiger partial charge is 0.242 e. The van der Waals surface area contributed by atoms with E-state index in [1.165, 1.54) is 0 Å². The van der Waals surface area contributed by atoms with Gasteiger partial charge in [0.15, 0.2) is 0 Å². The number of benzene rings is 1. The van der Waals surface area contributed by atoms with Gasteiger partial charge in [-0.3, -0.25) is 4.79 Å². The van der Waals surface area contributed by atoms with Gasteiger partial charge in [-0.1, -0.05) is 37.0 Å². The summed E-state index contributed by atoms with van der Waals surface area (Å²) in [5.41, 5.74) is 0.421. The van der Waals surface area contributed by atoms with Gasteiger partial charge in [-0.2, -0.15) is 5.26 Å². The molecule has 1 aromatic rings. The van der Waals surface area contributed by atoms with Crippen molar-refractivity contribution in [2.75, 3.05) is 5.32 Å². The minimum atomic E-state index is -0.704. The predicted molar refractivity (Wildman–Crippen MR) is 69.0 cm³/mol. The van der Waals surface area contributed by atoms with E-state index in [0.717, 1.165) is 0 Å². The topological polar surface area (TPSA) is 52.9 Å². The number of nitrogens with one attached hydrogen (secondary N) is 1. The van der Waals surface area contributed by atoms with Crippen molar-refractivity contribution in [1.82, 2.24) is 0 Å². The highest BCUT2D eigenvalue weighted by atomic mass is 35.5. The van der Waals surface area contributed by atoms with Crippen LogP contribution in [0.3, 0.4) is 0 Å². The van der Waals surface area contributed by atoms with Crippen molar-refractivity contribution in [3.63, 3.8) is 0 Å². The van der Waals surface area contributed by atoms with E-state index in [2.05, 4.69) is 5.32 Å². The second kappa shape index (κ2) is 5.90. The third-order valence-electron chi connectivity index (χ3n) is 2.27. The fourth-order valence-corrected chi connectivity index (χ4v) is 1.65. The van der Waals surface area contributed by atoms with Crippen LogP contribution < -0.4 is 5.32 Å². The van der Waals surface area contributed by atoms with Gasteiger partial charge in [0.05, 0.1) is 16.8 Å². The molecule has 0 saturated heterocycles. The highest BCUT2D eigenvalue weighted by Gasteiger charge is 2.22. The fourth-order valence-electron chi connectivity index (χ4n) is 1.31. The zero-order chi connectivity index (χ0) is 13.0. The van der Waals surface area contributed by atoms with E-state index in [0.29, 0.717) is 15.7 Å². The first-order valence-corrected chi connectivity index (χ1v) is 5.87. The number of nitriles is 1. The van der Waals surface area contributed by atoms with Crippen LogP contribution in [0.5, 0.6) is 0 Å². The van der Waals surface area contributed by atoms with Crippen molar-refractivity contribution in [1.29, 1.82) is 5.26 Å². The monoisotopic (exact) mass is 270 g/mol. The zero-order valence-electron chi connectivity index (χ0n) is 9.50. The van der Waals surface area contributed by atoms with E-state index in [9.17, 15) is 4.79 Å². The number of carbonyl (C=O) groups excluding carboxylic acids is 1. The normalized spacial score (nSPS) is 12.0. The lowest BCUT2D eigenvalue weighted by molar-refractivity contribution is -0.119. The molecule has 17 heavy (non-hydrogen) atoms. The van der Waals surface area contributed by atoms with Gasteiger partial charge in [0, 0.05) is 5.02 Å². The van der Waals surface area contributed by atoms with Crippen LogP contribution >= 0.6 is 23.2 Å². The summed E-state index contributed by atoms with van der Waals surface area (Å²) in [7, 11) is 0. The number of hydrogen-bond acceptors (Lipinski definition) is 2. The summed E-state index contributed by atoms with van der Waals surface area (Å²) >= 11 is 11.7. The van der Waals surface area contributed by atoms with Crippen molar-refractivity contribution >= 4 is 34.8 Å². The lowest BCUT2D eigenvalue weighted by Gasteiger charge is -2.14. The van der Waals surface area contributed by atoms with Gasteiger partial charge in [0.2, 0.25) is 5.91 Å². The number of carbonyl (C=O) groups is 1. The van der Waals surface area contributed by atoms with E-state index in [1.54, 1.807) is 18.2 Å². The molecular formula is C12H12Cl2N2O. The quantitative estimate of drug-likeness (QED) is 0.910. The van der Waals surface area contributed by atoms with E-state index in [1.807, 2.05) is 19.9 Å². The summed E-state index contributed by atoms with van der Waals surface area (Å²) in [5, 5.41) is 12.4. The SMILES string of the molecule is CC(C)C(C#N)C(=O)Nc1cc(Cl)ccc1Cl. The van der Waals surface area contributed by atoms with E-state index in [-0.39, 0.29) is 11.8 Å². The number of hydrogen-bond donors (Lipinski definition) is 1. The zero-order valence-corrected chi connectivity index (χ0v) is 11.0. The molecule has 3 nitrogen and oxygen atoms in total. The molecule has 0 heterocycles. The van der Waals surface area contributed by atoms with Crippen molar-refractivity contribution in [2.45, 2.75) is 13.8 Å². The average molecular weight is 271 g/mol. The number of rotatable bonds is 3. The summed E-state index contributed by atoms with van der Waals surface area (Å²) in [6.45, 7) is 3.63. The minimum absolute atomic E-state index is 0.0574. The van der Waals surface area contributed by atoms with Gasteiger partial charge in [-0.15, -0.1) is 0 Å². The maximum atomic E-state index is 11.8. The van der Waals surface area contributed by atoms with Crippen LogP contribution in [0.4, 0.5) is 5.69 Å². The summed E-state index contributed by atoms with van der Waals surface area (Å²) in [6, 6.07) is 6.74. The molecule has 0 spiro atoms. The van der Waals surface area contributed by atoms with Crippen molar-refractivity contribution in [3.8, 4) is 6.07 Å². The third kappa shape index (κ3) is 3.62. The van der Waals surface area contributed by atoms with Crippen molar-refractivity contribution < 1.29 is 4.79 Å². The third-order valence-corrected chi connectivity index (χ3v) is 2.84. The molecule has 1 N–H and O–H groups in total. The lowest BCUT2D eigenvalue weighted by atomic mass is 9.96. The second-order valence-corrected chi connectivity index (χ2v) is 4.81. The Morgan fingerprint density at radius 1 is 1.41 bits per heavy atom. The predicted octanol–water partition coefficient (Wildman–Crippen LogP) is 3.73. The van der Waals surface area contributed by atoms with Crippen molar-refractivity contribution in [2.24, 2.45) is 11.8 Å². The Morgan fingerprint density at radius 3 is 2.59 bits per heavy atom. The van der Waals surface area contributed by atoms with Gasteiger partial charge in [-0.05, 0) is 24.1 Å². The van der Waals surface area contributed by atoms with Crippen LogP contribution in [-0.2, 0) is 4.79 Å². The van der Waals surface area contributed by atoms with Gasteiger partial charge in [-0.25, -0.2) is 0 Å². The molecule has 0 aromatic heterocycles. The molecule has 0 saturated carbocycles. The molecule has 1 unspecified atom stereocenters. The Kier molecular flexibility index (Phi) is 4.80. The summed E-state index contributed by atoms with van der Waals surface area (Å²) in [4.78, 5) is 11.8. The van der Waals surface area contributed by atoms with E-state index >= 15 is 0 Å². The minimum Gasteiger partial charge on any atom is -0.324 e. The maximum Gasteiger partial charge on any atom is 0.242 e. The molecule has 0 bridgehead atoms. The Labute approximate surface area is 110 Å². The van der Waals surface area contributed by atoms with Gasteiger partial charge in [0.1, 0.15) is 5.92 Å². The summed E-state index contributed by atoms with van der Waals surface area (Å²) in [5.74, 6) is -1.13. The highest BCUT2D eigenvalue weighted by Crippen LogP contribution is 2.26. The van der Waals surface area contributed by atoms with Gasteiger partial charge in [0.25, 0.3) is 0 Å². The number of nitrogens with zero attached hydrogens (tertiary/aromatic N) is 1. The number of halogens is 2. The van der Waals surface area contributed by atoms with Crippen LogP contribution in [0, 0.1) is 23.2 Å². The van der Waals surface area contributed by atoms with Crippen LogP contribution in [0.2, 0.25) is 10.0 Å². The molecule has 0 aliphatic heterocycles. The molecule has 1 aromatic carbocycles. The first-order chi connectivity index (χ1) is 7.95. The Bertz CT molecular complexity index is 466. The summed E-state index contributed by atoms with van der Waals surface area (Å²) in [6.07, 6.45) is 0. The van der Waals surface area contributed by atoms with Crippen LogP contribution in [0.1, 0.15) is 13.8 Å². The van der Waals surface area contributed by atoms with Crippen LogP contribution in [-0.4, -0.2) is 5.91 Å². The molecule has 1 amide bonds. The lowest BCUT2D eigenvalue weighted by Crippen LogP contribution is -2.25. The van der Waals surface area contributed by atoms with Crippen LogP contribution in [0.25, 0.3) is 0 Å². The first-order valence-electron chi connectivity index (χ1n) is 5.11. The molecule has 5 heteroatoms. The molecule has 1 atom stereocenters. The molecule has 0 aliphatic carbocycles. The van der Waals surface area contributed by atoms with Gasteiger partial charge < -0.3 is 5.32 Å². The molecule has 0 aliphatic rings. The Hall–Kier alpha value is -1.24. The molecule has 0 radical (unpaired) electrons. The molecule has 0 fully saturated rings. The Morgan fingerprint density at radius 2 is 2.06 bits per heavy atom. The highest BCUT2D eigenvalue weighted by molar-refractivity contribution is 6.35. The first kappa shape index (κ1) is 13.8. The second-order valence-electron chi connectivity index (χ2n) is 3.96. The number of anilines is 1. The largest absolute Gasteiger partial charge is 0.324 e. The average Bonchev–Trinajstić information content (AvgIpc) is 2.24. The standard InChI is InChI=1S/C12H12Cl2N2O/c1-7(2)9(6-15)12(17)16-11-5-8(13)3-4-10(11)14/h3-5,7,9H,1-2H3,(H,16,17).